The second-order valence-corrected chi connectivity index (χ2v) is 5.36. The highest BCUT2D eigenvalue weighted by molar-refractivity contribution is 4.86. The Balaban J connectivity index is 1.93. The predicted octanol–water partition coefficient (Wildman–Crippen LogP) is 2.51. The van der Waals surface area contributed by atoms with Gasteiger partial charge in [-0.25, -0.2) is 0 Å². The van der Waals surface area contributed by atoms with E-state index in [2.05, 4.69) is 5.73 Å². The van der Waals surface area contributed by atoms with Gasteiger partial charge < -0.3 is 5.73 Å². The molecule has 0 heterocycles. The molecule has 1 spiro atoms. The van der Waals surface area contributed by atoms with E-state index in [1.54, 1.807) is 0 Å². The van der Waals surface area contributed by atoms with E-state index in [0.717, 1.165) is 11.5 Å². The molecular formula is C12H24N+. The van der Waals surface area contributed by atoms with Gasteiger partial charge in [-0.15, -0.1) is 0 Å². The van der Waals surface area contributed by atoms with Gasteiger partial charge in [0.2, 0.25) is 0 Å². The zero-order chi connectivity index (χ0) is 9.15. The number of hydrogen-bond donors (Lipinski definition) is 1. The fourth-order valence-corrected chi connectivity index (χ4v) is 3.27. The van der Waals surface area contributed by atoms with E-state index < -0.39 is 0 Å². The van der Waals surface area contributed by atoms with Crippen LogP contribution in [0.4, 0.5) is 0 Å². The second kappa shape index (κ2) is 4.00. The molecule has 2 fully saturated rings. The maximum absolute atomic E-state index is 4.20. The third kappa shape index (κ3) is 2.25. The first-order valence-corrected chi connectivity index (χ1v) is 6.14. The minimum atomic E-state index is 0.772. The molecule has 0 amide bonds. The van der Waals surface area contributed by atoms with Crippen molar-refractivity contribution in [2.45, 2.75) is 70.3 Å². The summed E-state index contributed by atoms with van der Waals surface area (Å²) in [5.41, 5.74) is 4.98. The van der Waals surface area contributed by atoms with Crippen molar-refractivity contribution >= 4 is 0 Å². The lowest BCUT2D eigenvalue weighted by Gasteiger charge is -2.37. The molecule has 0 aromatic heterocycles. The fourth-order valence-electron chi connectivity index (χ4n) is 3.27. The highest BCUT2D eigenvalue weighted by Crippen LogP contribution is 2.45. The molecule has 0 radical (unpaired) electrons. The van der Waals surface area contributed by atoms with E-state index in [1.165, 1.54) is 64.2 Å². The van der Waals surface area contributed by atoms with Gasteiger partial charge in [-0.3, -0.25) is 0 Å². The zero-order valence-corrected chi connectivity index (χ0v) is 8.86. The van der Waals surface area contributed by atoms with E-state index in [-0.39, 0.29) is 0 Å². The lowest BCUT2D eigenvalue weighted by atomic mass is 9.68. The van der Waals surface area contributed by atoms with Crippen LogP contribution >= 0.6 is 0 Å². The molecule has 0 saturated heterocycles. The molecule has 0 bridgehead atoms. The average Bonchev–Trinajstić information content (AvgIpc) is 2.37. The summed E-state index contributed by atoms with van der Waals surface area (Å²) in [7, 11) is 0. The number of rotatable bonds is 0. The molecule has 13 heavy (non-hydrogen) atoms. The molecule has 2 aliphatic rings. The standard InChI is InChI=1S/C12H23N/c13-11-5-9-12(10-6-11)7-3-1-2-4-8-12/h11H,1-10,13H2/p+1. The van der Waals surface area contributed by atoms with Crippen LogP contribution in [-0.4, -0.2) is 6.04 Å². The fraction of sp³-hybridized carbons (Fsp3) is 1.00. The predicted molar refractivity (Wildman–Crippen MR) is 55.3 cm³/mol. The van der Waals surface area contributed by atoms with Crippen LogP contribution in [0.25, 0.3) is 0 Å². The summed E-state index contributed by atoms with van der Waals surface area (Å²) >= 11 is 0. The highest BCUT2D eigenvalue weighted by atomic mass is 14.6. The Morgan fingerprint density at radius 1 is 0.769 bits per heavy atom. The van der Waals surface area contributed by atoms with Crippen molar-refractivity contribution in [2.75, 3.05) is 0 Å². The minimum Gasteiger partial charge on any atom is -0.355 e. The largest absolute Gasteiger partial charge is 0.355 e. The van der Waals surface area contributed by atoms with Gasteiger partial charge in [0.25, 0.3) is 0 Å². The monoisotopic (exact) mass is 182 g/mol. The van der Waals surface area contributed by atoms with E-state index in [1.807, 2.05) is 0 Å². The molecule has 2 saturated carbocycles. The first-order chi connectivity index (χ1) is 6.31. The topological polar surface area (TPSA) is 27.6 Å². The Bertz CT molecular complexity index is 147. The minimum absolute atomic E-state index is 0.772. The van der Waals surface area contributed by atoms with Gasteiger partial charge in [0.1, 0.15) is 0 Å². The van der Waals surface area contributed by atoms with E-state index in [9.17, 15) is 0 Å². The van der Waals surface area contributed by atoms with E-state index in [0.29, 0.717) is 0 Å². The maximum Gasteiger partial charge on any atom is 0.0844 e. The Morgan fingerprint density at radius 3 is 1.85 bits per heavy atom. The number of quaternary nitrogens is 1. The van der Waals surface area contributed by atoms with Crippen molar-refractivity contribution in [2.24, 2.45) is 5.41 Å². The second-order valence-electron chi connectivity index (χ2n) is 5.36. The van der Waals surface area contributed by atoms with Crippen molar-refractivity contribution in [3.63, 3.8) is 0 Å². The molecule has 0 unspecified atom stereocenters. The van der Waals surface area contributed by atoms with Crippen molar-refractivity contribution in [1.82, 2.24) is 0 Å². The summed E-state index contributed by atoms with van der Waals surface area (Å²) in [4.78, 5) is 0. The summed E-state index contributed by atoms with van der Waals surface area (Å²) in [5, 5.41) is 0. The first-order valence-electron chi connectivity index (χ1n) is 6.14. The van der Waals surface area contributed by atoms with E-state index in [4.69, 9.17) is 0 Å². The van der Waals surface area contributed by atoms with Crippen LogP contribution in [0.1, 0.15) is 64.2 Å². The number of hydrogen-bond acceptors (Lipinski definition) is 0. The molecule has 2 rings (SSSR count). The maximum atomic E-state index is 4.20. The summed E-state index contributed by atoms with van der Waals surface area (Å²) in [6.07, 6.45) is 14.8. The summed E-state index contributed by atoms with van der Waals surface area (Å²) in [5.74, 6) is 0. The third-order valence-corrected chi connectivity index (χ3v) is 4.33. The quantitative estimate of drug-likeness (QED) is 0.596. The van der Waals surface area contributed by atoms with Crippen LogP contribution in [0.5, 0.6) is 0 Å². The smallest absolute Gasteiger partial charge is 0.0844 e. The first kappa shape index (κ1) is 9.51. The van der Waals surface area contributed by atoms with Gasteiger partial charge in [-0.2, -0.15) is 0 Å². The lowest BCUT2D eigenvalue weighted by Crippen LogP contribution is -2.62. The van der Waals surface area contributed by atoms with Gasteiger partial charge in [-0.1, -0.05) is 25.7 Å². The third-order valence-electron chi connectivity index (χ3n) is 4.33. The molecule has 1 heteroatoms. The van der Waals surface area contributed by atoms with E-state index >= 15 is 0 Å². The van der Waals surface area contributed by atoms with Crippen LogP contribution in [0.15, 0.2) is 0 Å². The summed E-state index contributed by atoms with van der Waals surface area (Å²) in [6.45, 7) is 0. The van der Waals surface area contributed by atoms with Gasteiger partial charge in [0, 0.05) is 0 Å². The average molecular weight is 182 g/mol. The van der Waals surface area contributed by atoms with Gasteiger partial charge in [0.05, 0.1) is 6.04 Å². The Kier molecular flexibility index (Phi) is 2.92. The molecule has 0 aromatic carbocycles. The van der Waals surface area contributed by atoms with Crippen molar-refractivity contribution < 1.29 is 5.73 Å². The Labute approximate surface area is 82.1 Å². The molecular weight excluding hydrogens is 158 g/mol. The van der Waals surface area contributed by atoms with Crippen LogP contribution in [-0.2, 0) is 0 Å². The lowest BCUT2D eigenvalue weighted by molar-refractivity contribution is -0.428. The Hall–Kier alpha value is -0.0400. The van der Waals surface area contributed by atoms with Gasteiger partial charge >= 0.3 is 0 Å². The Morgan fingerprint density at radius 2 is 1.31 bits per heavy atom. The van der Waals surface area contributed by atoms with Crippen molar-refractivity contribution in [1.29, 1.82) is 0 Å². The van der Waals surface area contributed by atoms with Crippen LogP contribution in [0.2, 0.25) is 0 Å². The van der Waals surface area contributed by atoms with Crippen LogP contribution in [0.3, 0.4) is 0 Å². The molecule has 0 aliphatic heterocycles. The van der Waals surface area contributed by atoms with Gasteiger partial charge in [0.15, 0.2) is 0 Å². The molecule has 0 aromatic rings. The molecule has 0 atom stereocenters. The van der Waals surface area contributed by atoms with Crippen LogP contribution in [0, 0.1) is 5.41 Å². The molecule has 1 nitrogen and oxygen atoms in total. The van der Waals surface area contributed by atoms with Crippen LogP contribution < -0.4 is 5.73 Å². The van der Waals surface area contributed by atoms with Gasteiger partial charge in [-0.05, 0) is 43.9 Å². The molecule has 2 aliphatic carbocycles. The molecule has 3 N–H and O–H groups in total. The molecule has 76 valence electrons. The summed E-state index contributed by atoms with van der Waals surface area (Å²) in [6, 6.07) is 0.772. The zero-order valence-electron chi connectivity index (χ0n) is 8.86. The SMILES string of the molecule is [NH3+]C1CCC2(CCCCCC2)CC1. The van der Waals surface area contributed by atoms with Crippen molar-refractivity contribution in [3.8, 4) is 0 Å². The normalized spacial score (nSPS) is 30.2. The highest BCUT2D eigenvalue weighted by Gasteiger charge is 2.35. The van der Waals surface area contributed by atoms with Crippen molar-refractivity contribution in [3.05, 3.63) is 0 Å². The summed E-state index contributed by atoms with van der Waals surface area (Å²) < 4.78 is 0.